The Morgan fingerprint density at radius 1 is 1.38 bits per heavy atom. The SMILES string of the molecule is O=C(O)c1cnn(-c2ncc(F)cc2F)n1. The monoisotopic (exact) mass is 226 g/mol. The summed E-state index contributed by atoms with van der Waals surface area (Å²) in [6.07, 6.45) is 1.72. The van der Waals surface area contributed by atoms with Gasteiger partial charge in [0, 0.05) is 6.07 Å². The standard InChI is InChI=1S/C8H4F2N4O2/c9-4-1-5(10)7(11-2-4)14-12-3-6(13-14)8(15)16/h1-3H,(H,15,16). The molecule has 0 unspecified atom stereocenters. The number of aromatic nitrogens is 4. The number of carboxylic acid groups (broad SMARTS) is 1. The fourth-order valence-electron chi connectivity index (χ4n) is 1.02. The first-order valence-corrected chi connectivity index (χ1v) is 4.05. The third-order valence-corrected chi connectivity index (χ3v) is 1.69. The maximum absolute atomic E-state index is 13.2. The molecule has 2 rings (SSSR count). The van der Waals surface area contributed by atoms with Crippen molar-refractivity contribution in [2.75, 3.05) is 0 Å². The van der Waals surface area contributed by atoms with Gasteiger partial charge in [0.15, 0.2) is 11.5 Å². The van der Waals surface area contributed by atoms with Crippen molar-refractivity contribution in [1.82, 2.24) is 20.0 Å². The highest BCUT2D eigenvalue weighted by Crippen LogP contribution is 2.09. The minimum Gasteiger partial charge on any atom is -0.476 e. The number of pyridine rings is 1. The molecule has 8 heteroatoms. The average molecular weight is 226 g/mol. The van der Waals surface area contributed by atoms with E-state index in [9.17, 15) is 13.6 Å². The maximum atomic E-state index is 13.2. The summed E-state index contributed by atoms with van der Waals surface area (Å²) in [7, 11) is 0. The molecule has 16 heavy (non-hydrogen) atoms. The first kappa shape index (κ1) is 10.1. The molecule has 0 aliphatic rings. The van der Waals surface area contributed by atoms with Crippen LogP contribution in [0.2, 0.25) is 0 Å². The largest absolute Gasteiger partial charge is 0.476 e. The van der Waals surface area contributed by atoms with Crippen LogP contribution >= 0.6 is 0 Å². The third kappa shape index (κ3) is 1.72. The van der Waals surface area contributed by atoms with E-state index in [0.29, 0.717) is 10.9 Å². The van der Waals surface area contributed by atoms with Crippen molar-refractivity contribution in [2.24, 2.45) is 0 Å². The van der Waals surface area contributed by atoms with E-state index < -0.39 is 17.6 Å². The predicted octanol–water partition coefficient (Wildman–Crippen LogP) is 0.639. The normalized spacial score (nSPS) is 10.4. The fraction of sp³-hybridized carbons (Fsp3) is 0. The molecule has 6 nitrogen and oxygen atoms in total. The number of carbonyl (C=O) groups is 1. The first-order chi connectivity index (χ1) is 7.58. The molecule has 1 N–H and O–H groups in total. The van der Waals surface area contributed by atoms with Gasteiger partial charge in [-0.25, -0.2) is 18.6 Å². The lowest BCUT2D eigenvalue weighted by Gasteiger charge is -1.99. The van der Waals surface area contributed by atoms with E-state index in [1.54, 1.807) is 0 Å². The van der Waals surface area contributed by atoms with Gasteiger partial charge in [-0.15, -0.1) is 9.90 Å². The molecule has 0 atom stereocenters. The van der Waals surface area contributed by atoms with E-state index in [2.05, 4.69) is 15.2 Å². The Balaban J connectivity index is 2.46. The Bertz CT molecular complexity index is 555. The number of hydrogen-bond acceptors (Lipinski definition) is 4. The van der Waals surface area contributed by atoms with Gasteiger partial charge in [0.25, 0.3) is 0 Å². The van der Waals surface area contributed by atoms with Crippen molar-refractivity contribution in [3.05, 3.63) is 35.8 Å². The molecule has 2 aromatic rings. The van der Waals surface area contributed by atoms with Crippen LogP contribution in [0.4, 0.5) is 8.78 Å². The van der Waals surface area contributed by atoms with Gasteiger partial charge in [-0.1, -0.05) is 0 Å². The van der Waals surface area contributed by atoms with Crippen LogP contribution in [-0.2, 0) is 0 Å². The van der Waals surface area contributed by atoms with Gasteiger partial charge in [-0.2, -0.15) is 5.10 Å². The summed E-state index contributed by atoms with van der Waals surface area (Å²) < 4.78 is 25.7. The molecule has 0 fully saturated rings. The van der Waals surface area contributed by atoms with Crippen molar-refractivity contribution >= 4 is 5.97 Å². The molecular weight excluding hydrogens is 222 g/mol. The molecule has 0 aliphatic carbocycles. The molecule has 0 radical (unpaired) electrons. The molecule has 0 saturated carbocycles. The number of rotatable bonds is 2. The van der Waals surface area contributed by atoms with Gasteiger partial charge in [-0.05, 0) is 0 Å². The van der Waals surface area contributed by atoms with Crippen LogP contribution in [-0.4, -0.2) is 31.1 Å². The van der Waals surface area contributed by atoms with Crippen LogP contribution in [0.25, 0.3) is 5.82 Å². The summed E-state index contributed by atoms with van der Waals surface area (Å²) in [4.78, 5) is 14.6. The lowest BCUT2D eigenvalue weighted by atomic mass is 10.4. The van der Waals surface area contributed by atoms with E-state index in [-0.39, 0.29) is 11.5 Å². The third-order valence-electron chi connectivity index (χ3n) is 1.69. The van der Waals surface area contributed by atoms with Crippen molar-refractivity contribution in [3.8, 4) is 5.82 Å². The molecule has 0 spiro atoms. The van der Waals surface area contributed by atoms with Gasteiger partial charge in [0.05, 0.1) is 12.4 Å². The molecule has 0 saturated heterocycles. The van der Waals surface area contributed by atoms with Crippen molar-refractivity contribution in [2.45, 2.75) is 0 Å². The maximum Gasteiger partial charge on any atom is 0.358 e. The second-order valence-electron chi connectivity index (χ2n) is 2.78. The molecule has 0 aliphatic heterocycles. The highest BCUT2D eigenvalue weighted by atomic mass is 19.1. The zero-order valence-electron chi connectivity index (χ0n) is 7.63. The van der Waals surface area contributed by atoms with E-state index in [1.165, 1.54) is 0 Å². The molecule has 0 bridgehead atoms. The quantitative estimate of drug-likeness (QED) is 0.812. The fourth-order valence-corrected chi connectivity index (χ4v) is 1.02. The second-order valence-corrected chi connectivity index (χ2v) is 2.78. The van der Waals surface area contributed by atoms with E-state index in [1.807, 2.05) is 0 Å². The highest BCUT2D eigenvalue weighted by Gasteiger charge is 2.13. The summed E-state index contributed by atoms with van der Waals surface area (Å²) in [5.74, 6) is -3.48. The number of hydrogen-bond donors (Lipinski definition) is 1. The zero-order valence-corrected chi connectivity index (χ0v) is 7.63. The topological polar surface area (TPSA) is 80.9 Å². The summed E-state index contributed by atoms with van der Waals surface area (Å²) in [6, 6.07) is 0.603. The number of aromatic carboxylic acids is 1. The van der Waals surface area contributed by atoms with Crippen molar-refractivity contribution < 1.29 is 18.7 Å². The van der Waals surface area contributed by atoms with Crippen LogP contribution in [0.3, 0.4) is 0 Å². The van der Waals surface area contributed by atoms with Gasteiger partial charge in [-0.3, -0.25) is 0 Å². The van der Waals surface area contributed by atoms with Gasteiger partial charge < -0.3 is 5.11 Å². The minimum atomic E-state index is -1.30. The number of halogens is 2. The second kappa shape index (κ2) is 3.65. The lowest BCUT2D eigenvalue weighted by molar-refractivity contribution is 0.0690. The van der Waals surface area contributed by atoms with Crippen LogP contribution in [0.15, 0.2) is 18.5 Å². The van der Waals surface area contributed by atoms with Crippen LogP contribution in [0, 0.1) is 11.6 Å². The molecule has 82 valence electrons. The predicted molar refractivity (Wildman–Crippen MR) is 46.0 cm³/mol. The van der Waals surface area contributed by atoms with E-state index >= 15 is 0 Å². The minimum absolute atomic E-state index is 0.356. The Kier molecular flexibility index (Phi) is 2.31. The van der Waals surface area contributed by atoms with Crippen molar-refractivity contribution in [3.63, 3.8) is 0 Å². The van der Waals surface area contributed by atoms with Crippen LogP contribution in [0.1, 0.15) is 10.5 Å². The Labute approximate surface area is 87.2 Å². The smallest absolute Gasteiger partial charge is 0.358 e. The highest BCUT2D eigenvalue weighted by molar-refractivity contribution is 5.84. The Hall–Kier alpha value is -2.38. The van der Waals surface area contributed by atoms with Gasteiger partial charge in [0.2, 0.25) is 5.82 Å². The average Bonchev–Trinajstić information content (AvgIpc) is 2.66. The first-order valence-electron chi connectivity index (χ1n) is 4.05. The van der Waals surface area contributed by atoms with Gasteiger partial charge >= 0.3 is 5.97 Å². The summed E-state index contributed by atoms with van der Waals surface area (Å²) in [5.41, 5.74) is -0.356. The Morgan fingerprint density at radius 3 is 2.69 bits per heavy atom. The summed E-state index contributed by atoms with van der Waals surface area (Å²) in [5, 5.41) is 15.5. The lowest BCUT2D eigenvalue weighted by Crippen LogP contribution is -2.06. The summed E-state index contributed by atoms with van der Waals surface area (Å²) >= 11 is 0. The van der Waals surface area contributed by atoms with Crippen molar-refractivity contribution in [1.29, 1.82) is 0 Å². The molecule has 0 amide bonds. The molecule has 0 aromatic carbocycles. The summed E-state index contributed by atoms with van der Waals surface area (Å²) in [6.45, 7) is 0. The van der Waals surface area contributed by atoms with Gasteiger partial charge in [0.1, 0.15) is 5.82 Å². The van der Waals surface area contributed by atoms with E-state index in [4.69, 9.17) is 5.11 Å². The molecule has 2 aromatic heterocycles. The number of carboxylic acids is 1. The zero-order chi connectivity index (χ0) is 11.7. The Morgan fingerprint density at radius 2 is 2.12 bits per heavy atom. The van der Waals surface area contributed by atoms with E-state index in [0.717, 1.165) is 12.4 Å². The van der Waals surface area contributed by atoms with Crippen LogP contribution < -0.4 is 0 Å². The van der Waals surface area contributed by atoms with Crippen LogP contribution in [0.5, 0.6) is 0 Å². The number of nitrogens with zero attached hydrogens (tertiary/aromatic N) is 4. The molecule has 2 heterocycles. The molecular formula is C8H4F2N4O2.